The van der Waals surface area contributed by atoms with Crippen molar-refractivity contribution < 1.29 is 22.4 Å². The van der Waals surface area contributed by atoms with E-state index in [0.717, 1.165) is 5.56 Å². The molecular formula is C17H17NO5S. The van der Waals surface area contributed by atoms with Gasteiger partial charge >= 0.3 is 0 Å². The number of nitriles is 1. The second kappa shape index (κ2) is 7.93. The van der Waals surface area contributed by atoms with Crippen LogP contribution < -0.4 is 4.74 Å². The molecule has 0 saturated carbocycles. The van der Waals surface area contributed by atoms with Gasteiger partial charge in [0.15, 0.2) is 0 Å². The summed E-state index contributed by atoms with van der Waals surface area (Å²) in [5.41, 5.74) is 1.26. The molecule has 0 heterocycles. The lowest BCUT2D eigenvalue weighted by molar-refractivity contribution is 0.0647. The first-order chi connectivity index (χ1) is 11.4. The van der Waals surface area contributed by atoms with Crippen LogP contribution in [0.2, 0.25) is 0 Å². The molecule has 2 aromatic carbocycles. The Balaban J connectivity index is 1.90. The summed E-state index contributed by atoms with van der Waals surface area (Å²) in [6.45, 7) is 1.21. The minimum absolute atomic E-state index is 0.0241. The highest BCUT2D eigenvalue weighted by Crippen LogP contribution is 2.17. The van der Waals surface area contributed by atoms with Gasteiger partial charge in [0.2, 0.25) is 0 Å². The highest BCUT2D eigenvalue weighted by molar-refractivity contribution is 7.86. The van der Waals surface area contributed by atoms with Gasteiger partial charge in [-0.1, -0.05) is 29.8 Å². The normalized spacial score (nSPS) is 12.4. The topological polar surface area (TPSA) is 96.6 Å². The van der Waals surface area contributed by atoms with Crippen LogP contribution in [0, 0.1) is 18.3 Å². The predicted octanol–water partition coefficient (Wildman–Crippen LogP) is 2.01. The van der Waals surface area contributed by atoms with E-state index in [9.17, 15) is 13.5 Å². The monoisotopic (exact) mass is 347 g/mol. The van der Waals surface area contributed by atoms with Crippen molar-refractivity contribution in [3.05, 3.63) is 59.7 Å². The molecule has 7 heteroatoms. The Morgan fingerprint density at radius 3 is 2.46 bits per heavy atom. The molecule has 126 valence electrons. The maximum atomic E-state index is 12.0. The fourth-order valence-electron chi connectivity index (χ4n) is 1.86. The van der Waals surface area contributed by atoms with Gasteiger partial charge in [-0.3, -0.25) is 4.18 Å². The van der Waals surface area contributed by atoms with Crippen molar-refractivity contribution in [1.29, 1.82) is 5.26 Å². The van der Waals surface area contributed by atoms with Gasteiger partial charge in [0.1, 0.15) is 24.5 Å². The van der Waals surface area contributed by atoms with Crippen molar-refractivity contribution >= 4 is 10.1 Å². The zero-order valence-electron chi connectivity index (χ0n) is 13.0. The molecule has 0 bridgehead atoms. The van der Waals surface area contributed by atoms with Crippen molar-refractivity contribution in [2.45, 2.75) is 17.9 Å². The molecule has 0 spiro atoms. The number of aryl methyl sites for hydroxylation is 1. The zero-order chi connectivity index (χ0) is 17.6. The Kier molecular flexibility index (Phi) is 5.93. The third kappa shape index (κ3) is 4.80. The Morgan fingerprint density at radius 1 is 1.12 bits per heavy atom. The van der Waals surface area contributed by atoms with Crippen LogP contribution in [0.4, 0.5) is 0 Å². The lowest BCUT2D eigenvalue weighted by atomic mass is 10.2. The van der Waals surface area contributed by atoms with E-state index >= 15 is 0 Å². The van der Waals surface area contributed by atoms with E-state index in [1.54, 1.807) is 36.4 Å². The number of rotatable bonds is 7. The summed E-state index contributed by atoms with van der Waals surface area (Å²) in [5.74, 6) is 0.320. The first-order valence-corrected chi connectivity index (χ1v) is 8.59. The van der Waals surface area contributed by atoms with Crippen LogP contribution in [-0.4, -0.2) is 32.8 Å². The van der Waals surface area contributed by atoms with Gasteiger partial charge in [0, 0.05) is 0 Å². The molecule has 0 saturated heterocycles. The third-order valence-electron chi connectivity index (χ3n) is 3.16. The van der Waals surface area contributed by atoms with E-state index in [-0.39, 0.29) is 11.5 Å². The summed E-state index contributed by atoms with van der Waals surface area (Å²) < 4.78 is 34.2. The number of aliphatic hydroxyl groups is 1. The van der Waals surface area contributed by atoms with E-state index in [4.69, 9.17) is 14.2 Å². The molecule has 1 N–H and O–H groups in total. The van der Waals surface area contributed by atoms with Gasteiger partial charge in [-0.2, -0.15) is 13.7 Å². The molecule has 2 rings (SSSR count). The highest BCUT2D eigenvalue weighted by Gasteiger charge is 2.18. The van der Waals surface area contributed by atoms with Crippen molar-refractivity contribution in [3.63, 3.8) is 0 Å². The van der Waals surface area contributed by atoms with Gasteiger partial charge in [-0.25, -0.2) is 0 Å². The molecule has 0 radical (unpaired) electrons. The molecular weight excluding hydrogens is 330 g/mol. The molecule has 0 amide bonds. The lowest BCUT2D eigenvalue weighted by Crippen LogP contribution is -2.25. The largest absolute Gasteiger partial charge is 0.489 e. The molecule has 1 atom stereocenters. The van der Waals surface area contributed by atoms with Crippen molar-refractivity contribution in [1.82, 2.24) is 0 Å². The van der Waals surface area contributed by atoms with Gasteiger partial charge in [0.25, 0.3) is 10.1 Å². The number of hydrogen-bond acceptors (Lipinski definition) is 6. The fourth-order valence-corrected chi connectivity index (χ4v) is 2.80. The minimum atomic E-state index is -3.94. The number of nitrogens with zero attached hydrogens (tertiary/aromatic N) is 1. The van der Waals surface area contributed by atoms with Crippen molar-refractivity contribution in [3.8, 4) is 11.8 Å². The fraction of sp³-hybridized carbons (Fsp3) is 0.235. The van der Waals surface area contributed by atoms with Crippen molar-refractivity contribution in [2.75, 3.05) is 13.2 Å². The first kappa shape index (κ1) is 17.9. The van der Waals surface area contributed by atoms with Crippen LogP contribution in [0.15, 0.2) is 53.4 Å². The molecule has 0 aliphatic heterocycles. The Bertz CT molecular complexity index is 825. The molecule has 0 aromatic heterocycles. The van der Waals surface area contributed by atoms with Crippen LogP contribution in [0.1, 0.15) is 11.1 Å². The second-order valence-corrected chi connectivity index (χ2v) is 6.74. The Labute approximate surface area is 141 Å². The molecule has 0 fully saturated rings. The van der Waals surface area contributed by atoms with Crippen LogP contribution in [0.5, 0.6) is 5.75 Å². The molecule has 1 unspecified atom stereocenters. The average Bonchev–Trinajstić information content (AvgIpc) is 2.59. The SMILES string of the molecule is Cc1ccc(S(=O)(=O)OCC(O)COc2ccccc2C#N)cc1. The minimum Gasteiger partial charge on any atom is -0.489 e. The van der Waals surface area contributed by atoms with Crippen molar-refractivity contribution in [2.24, 2.45) is 0 Å². The molecule has 6 nitrogen and oxygen atoms in total. The Morgan fingerprint density at radius 2 is 1.79 bits per heavy atom. The summed E-state index contributed by atoms with van der Waals surface area (Å²) in [6.07, 6.45) is -1.16. The van der Waals surface area contributed by atoms with E-state index in [1.807, 2.05) is 13.0 Å². The summed E-state index contributed by atoms with van der Waals surface area (Å²) in [6, 6.07) is 14.7. The number of aliphatic hydroxyl groups excluding tert-OH is 1. The summed E-state index contributed by atoms with van der Waals surface area (Å²) in [4.78, 5) is 0.0241. The molecule has 0 aliphatic rings. The second-order valence-electron chi connectivity index (χ2n) is 5.12. The maximum Gasteiger partial charge on any atom is 0.297 e. The van der Waals surface area contributed by atoms with E-state index in [0.29, 0.717) is 11.3 Å². The van der Waals surface area contributed by atoms with Gasteiger partial charge < -0.3 is 9.84 Å². The summed E-state index contributed by atoms with van der Waals surface area (Å²) in [7, 11) is -3.94. The maximum absolute atomic E-state index is 12.0. The highest BCUT2D eigenvalue weighted by atomic mass is 32.2. The van der Waals surface area contributed by atoms with Gasteiger partial charge in [-0.15, -0.1) is 0 Å². The number of hydrogen-bond donors (Lipinski definition) is 1. The molecule has 0 aliphatic carbocycles. The number of ether oxygens (including phenoxy) is 1. The predicted molar refractivity (Wildman–Crippen MR) is 87.0 cm³/mol. The van der Waals surface area contributed by atoms with Crippen LogP contribution in [0.3, 0.4) is 0 Å². The first-order valence-electron chi connectivity index (χ1n) is 7.18. The molecule has 2 aromatic rings. The summed E-state index contributed by atoms with van der Waals surface area (Å²) >= 11 is 0. The van der Waals surface area contributed by atoms with Gasteiger partial charge in [0.05, 0.1) is 17.1 Å². The Hall–Kier alpha value is -2.40. The van der Waals surface area contributed by atoms with E-state index in [1.165, 1.54) is 12.1 Å². The summed E-state index contributed by atoms with van der Waals surface area (Å²) in [5, 5.41) is 18.8. The van der Waals surface area contributed by atoms with Crippen LogP contribution in [0.25, 0.3) is 0 Å². The quantitative estimate of drug-likeness (QED) is 0.770. The van der Waals surface area contributed by atoms with E-state index in [2.05, 4.69) is 0 Å². The average molecular weight is 347 g/mol. The lowest BCUT2D eigenvalue weighted by Gasteiger charge is -2.13. The number of para-hydroxylation sites is 1. The zero-order valence-corrected chi connectivity index (χ0v) is 13.9. The van der Waals surface area contributed by atoms with Gasteiger partial charge in [-0.05, 0) is 31.2 Å². The third-order valence-corrected chi connectivity index (χ3v) is 4.46. The standard InChI is InChI=1S/C17H17NO5S/c1-13-6-8-16(9-7-13)24(20,21)23-12-15(19)11-22-17-5-3-2-4-14(17)10-18/h2-9,15,19H,11-12H2,1H3. The van der Waals surface area contributed by atoms with Crippen LogP contribution in [-0.2, 0) is 14.3 Å². The molecule has 24 heavy (non-hydrogen) atoms. The van der Waals surface area contributed by atoms with E-state index < -0.39 is 22.8 Å². The number of benzene rings is 2. The smallest absolute Gasteiger partial charge is 0.297 e. The van der Waals surface area contributed by atoms with Crippen LogP contribution >= 0.6 is 0 Å².